The Morgan fingerprint density at radius 1 is 1.06 bits per heavy atom. The topological polar surface area (TPSA) is 88.1 Å². The third-order valence-corrected chi connectivity index (χ3v) is 5.77. The van der Waals surface area contributed by atoms with Crippen LogP contribution in [-0.2, 0) is 33.3 Å². The second kappa shape index (κ2) is 11.9. The minimum Gasteiger partial charge on any atom is -0.462 e. The van der Waals surface area contributed by atoms with E-state index in [1.807, 2.05) is 13.8 Å². The molecule has 0 bridgehead atoms. The second-order valence-electron chi connectivity index (χ2n) is 9.00. The highest BCUT2D eigenvalue weighted by atomic mass is 16.7. The summed E-state index contributed by atoms with van der Waals surface area (Å²) < 4.78 is 22.7. The summed E-state index contributed by atoms with van der Waals surface area (Å²) in [5.74, 6) is -1.95. The van der Waals surface area contributed by atoms with Gasteiger partial charge in [-0.2, -0.15) is 0 Å². The van der Waals surface area contributed by atoms with E-state index in [4.69, 9.17) is 18.9 Å². The highest BCUT2D eigenvalue weighted by Crippen LogP contribution is 2.44. The lowest BCUT2D eigenvalue weighted by molar-refractivity contribution is -0.182. The summed E-state index contributed by atoms with van der Waals surface area (Å²) in [6.07, 6.45) is 6.00. The van der Waals surface area contributed by atoms with Crippen LogP contribution >= 0.6 is 0 Å². The highest BCUT2D eigenvalue weighted by molar-refractivity contribution is 5.68. The molecule has 0 aromatic heterocycles. The smallest absolute Gasteiger partial charge is 0.305 e. The van der Waals surface area contributed by atoms with Gasteiger partial charge in [0.1, 0.15) is 0 Å². The number of hydrogen-bond acceptors (Lipinski definition) is 7. The van der Waals surface area contributed by atoms with Gasteiger partial charge in [-0.25, -0.2) is 0 Å². The summed E-state index contributed by atoms with van der Waals surface area (Å²) in [7, 11) is 0. The first-order valence-corrected chi connectivity index (χ1v) is 11.3. The Hall–Kier alpha value is -2.83. The number of ether oxygens (including phenoxy) is 4. The lowest BCUT2D eigenvalue weighted by Gasteiger charge is -2.41. The summed E-state index contributed by atoms with van der Waals surface area (Å²) >= 11 is 0. The lowest BCUT2D eigenvalue weighted by Crippen LogP contribution is -2.44. The van der Waals surface area contributed by atoms with Gasteiger partial charge in [-0.1, -0.05) is 29.4 Å². The minimum absolute atomic E-state index is 0.190. The normalized spacial score (nSPS) is 26.2. The molecule has 0 saturated heterocycles. The number of hydrogen-bond donors (Lipinski definition) is 0. The van der Waals surface area contributed by atoms with Crippen molar-refractivity contribution in [2.75, 3.05) is 0 Å². The van der Waals surface area contributed by atoms with E-state index in [2.05, 4.69) is 19.6 Å². The van der Waals surface area contributed by atoms with E-state index in [1.54, 1.807) is 6.08 Å². The highest BCUT2D eigenvalue weighted by Gasteiger charge is 2.45. The number of rotatable bonds is 6. The van der Waals surface area contributed by atoms with E-state index in [0.29, 0.717) is 18.4 Å². The van der Waals surface area contributed by atoms with Crippen molar-refractivity contribution in [3.05, 3.63) is 47.3 Å². The fraction of sp³-hybridized carbons (Fsp3) is 0.577. The zero-order valence-corrected chi connectivity index (χ0v) is 20.5. The molecule has 2 aliphatic rings. The van der Waals surface area contributed by atoms with Gasteiger partial charge < -0.3 is 18.9 Å². The number of carbonyl (C=O) groups excluding carboxylic acids is 3. The fourth-order valence-electron chi connectivity index (χ4n) is 4.44. The first-order chi connectivity index (χ1) is 15.5. The van der Waals surface area contributed by atoms with Crippen LogP contribution in [0.3, 0.4) is 0 Å². The Bertz CT molecular complexity index is 860. The van der Waals surface area contributed by atoms with Crippen LogP contribution in [0, 0.1) is 11.8 Å². The number of esters is 3. The predicted molar refractivity (Wildman–Crippen MR) is 124 cm³/mol. The van der Waals surface area contributed by atoms with Crippen LogP contribution < -0.4 is 0 Å². The van der Waals surface area contributed by atoms with E-state index < -0.39 is 36.4 Å². The molecule has 182 valence electrons. The molecule has 1 aliphatic heterocycles. The van der Waals surface area contributed by atoms with Gasteiger partial charge in [0, 0.05) is 32.3 Å². The van der Waals surface area contributed by atoms with Gasteiger partial charge in [0.05, 0.1) is 12.2 Å². The quantitative estimate of drug-likeness (QED) is 0.315. The van der Waals surface area contributed by atoms with E-state index in [9.17, 15) is 14.4 Å². The summed E-state index contributed by atoms with van der Waals surface area (Å²) in [5, 5.41) is 0. The van der Waals surface area contributed by atoms with Gasteiger partial charge in [-0.15, -0.1) is 0 Å². The Morgan fingerprint density at radius 2 is 1.73 bits per heavy atom. The Balaban J connectivity index is 2.60. The molecule has 0 aromatic carbocycles. The molecule has 1 aliphatic carbocycles. The summed E-state index contributed by atoms with van der Waals surface area (Å²) in [6.45, 7) is 14.1. The Morgan fingerprint density at radius 3 is 2.30 bits per heavy atom. The van der Waals surface area contributed by atoms with Crippen molar-refractivity contribution in [2.24, 2.45) is 11.8 Å². The van der Waals surface area contributed by atoms with Gasteiger partial charge in [-0.05, 0) is 52.5 Å². The van der Waals surface area contributed by atoms with Crippen molar-refractivity contribution in [3.63, 3.8) is 0 Å². The minimum atomic E-state index is -0.884. The maximum atomic E-state index is 12.1. The Labute approximate surface area is 196 Å². The predicted octanol–water partition coefficient (Wildman–Crippen LogP) is 4.93. The zero-order valence-electron chi connectivity index (χ0n) is 20.5. The maximum absolute atomic E-state index is 12.1. The molecule has 0 aromatic rings. The molecule has 1 heterocycles. The molecule has 0 radical (unpaired) electrons. The maximum Gasteiger partial charge on any atom is 0.305 e. The van der Waals surface area contributed by atoms with Crippen LogP contribution in [0.1, 0.15) is 67.2 Å². The third-order valence-electron chi connectivity index (χ3n) is 5.77. The fourth-order valence-corrected chi connectivity index (χ4v) is 4.44. The van der Waals surface area contributed by atoms with Gasteiger partial charge in [0.15, 0.2) is 12.2 Å². The van der Waals surface area contributed by atoms with Crippen LogP contribution in [0.4, 0.5) is 0 Å². The molecule has 0 amide bonds. The second-order valence-corrected chi connectivity index (χ2v) is 9.00. The summed E-state index contributed by atoms with van der Waals surface area (Å²) in [6, 6.07) is 0. The van der Waals surface area contributed by atoms with Crippen molar-refractivity contribution in [2.45, 2.75) is 85.7 Å². The van der Waals surface area contributed by atoms with Crippen molar-refractivity contribution < 1.29 is 33.3 Å². The van der Waals surface area contributed by atoms with Gasteiger partial charge in [0.2, 0.25) is 6.29 Å². The largest absolute Gasteiger partial charge is 0.462 e. The average Bonchev–Trinajstić information content (AvgIpc) is 2.75. The van der Waals surface area contributed by atoms with E-state index in [1.165, 1.54) is 32.6 Å². The molecule has 33 heavy (non-hydrogen) atoms. The monoisotopic (exact) mass is 460 g/mol. The molecule has 0 N–H and O–H groups in total. The van der Waals surface area contributed by atoms with Crippen molar-refractivity contribution in [1.29, 1.82) is 0 Å². The van der Waals surface area contributed by atoms with Crippen LogP contribution in [-0.4, -0.2) is 36.4 Å². The van der Waals surface area contributed by atoms with E-state index >= 15 is 0 Å². The van der Waals surface area contributed by atoms with Gasteiger partial charge in [-0.3, -0.25) is 14.4 Å². The van der Waals surface area contributed by atoms with Gasteiger partial charge >= 0.3 is 17.9 Å². The van der Waals surface area contributed by atoms with Crippen LogP contribution in [0.25, 0.3) is 0 Å². The summed E-state index contributed by atoms with van der Waals surface area (Å²) in [5.41, 5.74) is 3.74. The molecule has 3 unspecified atom stereocenters. The molecular weight excluding hydrogens is 424 g/mol. The van der Waals surface area contributed by atoms with Gasteiger partial charge in [0.25, 0.3) is 0 Å². The molecule has 7 nitrogen and oxygen atoms in total. The molecular formula is C26H36O7. The number of allylic oxidation sites excluding steroid dienone is 3. The molecule has 2 rings (SSSR count). The van der Waals surface area contributed by atoms with Crippen LogP contribution in [0.5, 0.6) is 0 Å². The number of carbonyl (C=O) groups is 3. The molecule has 0 spiro atoms. The zero-order chi connectivity index (χ0) is 24.7. The van der Waals surface area contributed by atoms with Crippen molar-refractivity contribution in [3.8, 4) is 0 Å². The van der Waals surface area contributed by atoms with Crippen molar-refractivity contribution in [1.82, 2.24) is 0 Å². The Kier molecular flexibility index (Phi) is 9.50. The lowest BCUT2D eigenvalue weighted by atomic mass is 9.74. The average molecular weight is 461 g/mol. The standard InChI is InChI=1S/C26H36O7/c1-15(2)13-23(31-18(5)27)25(32-19(6)28)22-14-30-26(33-20(7)29)24-17(4)10-8-9-16(3)11-12-21(22)24/h9,13-14,21,23-26H,4,8,10-12H2,1-3,5-7H3/b16-9+/t21?,23?,24-,25?,26+/m0/s1. The first kappa shape index (κ1) is 26.4. The first-order valence-electron chi connectivity index (χ1n) is 11.3. The summed E-state index contributed by atoms with van der Waals surface area (Å²) in [4.78, 5) is 35.8. The molecule has 7 heteroatoms. The number of fused-ring (bicyclic) bond motifs is 1. The van der Waals surface area contributed by atoms with Crippen LogP contribution in [0.2, 0.25) is 0 Å². The SMILES string of the molecule is C=C1CC/C=C(\C)CCC2C(C(OC(C)=O)C(C=C(C)C)OC(C)=O)=CO[C@H](OC(C)=O)[C@@H]12. The molecule has 5 atom stereocenters. The third kappa shape index (κ3) is 7.62. The van der Waals surface area contributed by atoms with E-state index in [-0.39, 0.29) is 11.8 Å². The van der Waals surface area contributed by atoms with Crippen molar-refractivity contribution >= 4 is 17.9 Å². The molecule has 0 fully saturated rings. The van der Waals surface area contributed by atoms with E-state index in [0.717, 1.165) is 24.0 Å². The van der Waals surface area contributed by atoms with Crippen LogP contribution in [0.15, 0.2) is 47.3 Å². The molecule has 0 saturated carbocycles.